The number of benzene rings is 2. The van der Waals surface area contributed by atoms with Crippen LogP contribution < -0.4 is 10.2 Å². The van der Waals surface area contributed by atoms with Crippen LogP contribution in [0.4, 0.5) is 5.69 Å². The van der Waals surface area contributed by atoms with Gasteiger partial charge in [0.05, 0.1) is 5.69 Å². The molecule has 3 rings (SSSR count). The van der Waals surface area contributed by atoms with Crippen molar-refractivity contribution in [1.29, 1.82) is 0 Å². The minimum Gasteiger partial charge on any atom is -0.373 e. The molecule has 1 aliphatic rings. The van der Waals surface area contributed by atoms with Crippen molar-refractivity contribution in [3.63, 3.8) is 0 Å². The lowest BCUT2D eigenvalue weighted by Crippen LogP contribution is -2.34. The van der Waals surface area contributed by atoms with Crippen molar-refractivity contribution < 1.29 is 9.59 Å². The third-order valence-electron chi connectivity index (χ3n) is 4.50. The zero-order chi connectivity index (χ0) is 18.1. The van der Waals surface area contributed by atoms with Gasteiger partial charge >= 0.3 is 0 Å². The average Bonchev–Trinajstić information content (AvgIpc) is 2.82. The highest BCUT2D eigenvalue weighted by Crippen LogP contribution is 2.32. The van der Waals surface area contributed by atoms with E-state index in [9.17, 15) is 9.59 Å². The van der Waals surface area contributed by atoms with E-state index < -0.39 is 11.8 Å². The molecular weight excluding hydrogens is 336 g/mol. The van der Waals surface area contributed by atoms with E-state index in [0.29, 0.717) is 5.69 Å². The zero-order valence-electron chi connectivity index (χ0n) is 14.3. The lowest BCUT2D eigenvalue weighted by atomic mass is 10.1. The molecule has 0 aromatic heterocycles. The highest BCUT2D eigenvalue weighted by atomic mass is 35.5. The molecule has 0 unspecified atom stereocenters. The molecule has 1 aliphatic heterocycles. The Hall–Kier alpha value is -2.59. The van der Waals surface area contributed by atoms with Crippen molar-refractivity contribution >= 4 is 29.1 Å². The van der Waals surface area contributed by atoms with Gasteiger partial charge in [-0.3, -0.25) is 9.59 Å². The number of hydrogen-bond acceptors (Lipinski definition) is 3. The third kappa shape index (κ3) is 3.05. The number of halogens is 1. The fourth-order valence-corrected chi connectivity index (χ4v) is 3.09. The molecule has 1 atom stereocenters. The van der Waals surface area contributed by atoms with Crippen molar-refractivity contribution in [1.82, 2.24) is 5.32 Å². The average molecular weight is 355 g/mol. The van der Waals surface area contributed by atoms with E-state index >= 15 is 0 Å². The van der Waals surface area contributed by atoms with Gasteiger partial charge in [0, 0.05) is 6.04 Å². The summed E-state index contributed by atoms with van der Waals surface area (Å²) in [6.45, 7) is 5.75. The fraction of sp³-hybridized carbons (Fsp3) is 0.200. The van der Waals surface area contributed by atoms with Crippen LogP contribution in [0.15, 0.2) is 59.3 Å². The van der Waals surface area contributed by atoms with E-state index in [1.54, 1.807) is 6.07 Å². The predicted molar refractivity (Wildman–Crippen MR) is 99.3 cm³/mol. The first-order valence-electron chi connectivity index (χ1n) is 8.08. The zero-order valence-corrected chi connectivity index (χ0v) is 15.1. The lowest BCUT2D eigenvalue weighted by molar-refractivity contribution is -0.120. The Morgan fingerprint density at radius 2 is 1.64 bits per heavy atom. The van der Waals surface area contributed by atoms with Crippen molar-refractivity contribution in [2.45, 2.75) is 26.8 Å². The van der Waals surface area contributed by atoms with Gasteiger partial charge in [-0.05, 0) is 43.5 Å². The molecule has 5 heteroatoms. The summed E-state index contributed by atoms with van der Waals surface area (Å²) in [5.74, 6) is -0.922. The number of nitrogens with one attached hydrogen (secondary N) is 1. The summed E-state index contributed by atoms with van der Waals surface area (Å²) in [7, 11) is 0. The summed E-state index contributed by atoms with van der Waals surface area (Å²) >= 11 is 6.20. The molecule has 128 valence electrons. The SMILES string of the molecule is Cc1cccc(N2C(=O)C(Cl)=C(N[C@H](C)c3ccccc3)C2=O)c1C. The van der Waals surface area contributed by atoms with E-state index in [0.717, 1.165) is 21.6 Å². The van der Waals surface area contributed by atoms with Gasteiger partial charge in [0.15, 0.2) is 0 Å². The number of hydrogen-bond donors (Lipinski definition) is 1. The van der Waals surface area contributed by atoms with E-state index in [-0.39, 0.29) is 16.8 Å². The van der Waals surface area contributed by atoms with Gasteiger partial charge in [0.25, 0.3) is 11.8 Å². The second kappa shape index (κ2) is 6.73. The van der Waals surface area contributed by atoms with Crippen LogP contribution in [0.3, 0.4) is 0 Å². The van der Waals surface area contributed by atoms with Gasteiger partial charge in [-0.25, -0.2) is 4.90 Å². The second-order valence-corrected chi connectivity index (χ2v) is 6.51. The maximum absolute atomic E-state index is 12.9. The van der Waals surface area contributed by atoms with Crippen molar-refractivity contribution in [2.75, 3.05) is 4.90 Å². The number of carbonyl (C=O) groups is 2. The molecule has 4 nitrogen and oxygen atoms in total. The molecule has 1 N–H and O–H groups in total. The van der Waals surface area contributed by atoms with Crippen molar-refractivity contribution in [3.05, 3.63) is 76.0 Å². The summed E-state index contributed by atoms with van der Waals surface area (Å²) in [4.78, 5) is 26.6. The van der Waals surface area contributed by atoms with E-state index in [2.05, 4.69) is 5.32 Å². The molecule has 0 radical (unpaired) electrons. The summed E-state index contributed by atoms with van der Waals surface area (Å²) in [6, 6.07) is 15.0. The summed E-state index contributed by atoms with van der Waals surface area (Å²) < 4.78 is 0. The van der Waals surface area contributed by atoms with Crippen LogP contribution in [0.1, 0.15) is 29.7 Å². The standard InChI is InChI=1S/C20H19ClN2O2/c1-12-8-7-11-16(13(12)2)23-19(24)17(21)18(20(23)25)22-14(3)15-9-5-4-6-10-15/h4-11,14,22H,1-3H3/t14-/m1/s1. The van der Waals surface area contributed by atoms with Gasteiger partial charge < -0.3 is 5.32 Å². The monoisotopic (exact) mass is 354 g/mol. The van der Waals surface area contributed by atoms with Gasteiger partial charge in [0.1, 0.15) is 10.7 Å². The normalized spacial score (nSPS) is 15.8. The Morgan fingerprint density at radius 1 is 0.960 bits per heavy atom. The molecular formula is C20H19ClN2O2. The van der Waals surface area contributed by atoms with E-state index in [4.69, 9.17) is 11.6 Å². The van der Waals surface area contributed by atoms with Gasteiger partial charge in [-0.15, -0.1) is 0 Å². The Kier molecular flexibility index (Phi) is 4.64. The molecule has 0 fully saturated rings. The van der Waals surface area contributed by atoms with Crippen LogP contribution in [0.2, 0.25) is 0 Å². The van der Waals surface area contributed by atoms with Crippen LogP contribution in [-0.4, -0.2) is 11.8 Å². The van der Waals surface area contributed by atoms with Crippen molar-refractivity contribution in [3.8, 4) is 0 Å². The summed E-state index contributed by atoms with van der Waals surface area (Å²) in [6.07, 6.45) is 0. The van der Waals surface area contributed by atoms with Crippen LogP contribution in [0.25, 0.3) is 0 Å². The highest BCUT2D eigenvalue weighted by molar-refractivity contribution is 6.52. The van der Waals surface area contributed by atoms with Crippen molar-refractivity contribution in [2.24, 2.45) is 0 Å². The van der Waals surface area contributed by atoms with Crippen LogP contribution >= 0.6 is 11.6 Å². The number of carbonyl (C=O) groups excluding carboxylic acids is 2. The largest absolute Gasteiger partial charge is 0.373 e. The Labute approximate surface area is 152 Å². The predicted octanol–water partition coefficient (Wildman–Crippen LogP) is 3.98. The number of aryl methyl sites for hydroxylation is 1. The quantitative estimate of drug-likeness (QED) is 0.845. The fourth-order valence-electron chi connectivity index (χ4n) is 2.87. The van der Waals surface area contributed by atoms with E-state index in [1.807, 2.05) is 63.2 Å². The minimum absolute atomic E-state index is 0.0753. The Balaban J connectivity index is 1.91. The molecule has 25 heavy (non-hydrogen) atoms. The maximum atomic E-state index is 12.9. The molecule has 1 heterocycles. The number of anilines is 1. The smallest absolute Gasteiger partial charge is 0.283 e. The molecule has 0 spiro atoms. The maximum Gasteiger partial charge on any atom is 0.283 e. The number of nitrogens with zero attached hydrogens (tertiary/aromatic N) is 1. The molecule has 0 bridgehead atoms. The third-order valence-corrected chi connectivity index (χ3v) is 4.86. The van der Waals surface area contributed by atoms with Crippen LogP contribution in [0, 0.1) is 13.8 Å². The van der Waals surface area contributed by atoms with E-state index in [1.165, 1.54) is 0 Å². The Bertz CT molecular complexity index is 875. The lowest BCUT2D eigenvalue weighted by Gasteiger charge is -2.20. The highest BCUT2D eigenvalue weighted by Gasteiger charge is 2.40. The minimum atomic E-state index is -0.497. The second-order valence-electron chi connectivity index (χ2n) is 6.13. The van der Waals surface area contributed by atoms with Gasteiger partial charge in [-0.1, -0.05) is 54.1 Å². The van der Waals surface area contributed by atoms with Crippen LogP contribution in [-0.2, 0) is 9.59 Å². The van der Waals surface area contributed by atoms with Crippen LogP contribution in [0.5, 0.6) is 0 Å². The van der Waals surface area contributed by atoms with Gasteiger partial charge in [-0.2, -0.15) is 0 Å². The summed E-state index contributed by atoms with van der Waals surface area (Å²) in [5.41, 5.74) is 3.60. The molecule has 0 saturated carbocycles. The van der Waals surface area contributed by atoms with Gasteiger partial charge in [0.2, 0.25) is 0 Å². The number of rotatable bonds is 4. The molecule has 2 aromatic carbocycles. The molecule has 0 aliphatic carbocycles. The first-order valence-corrected chi connectivity index (χ1v) is 8.46. The Morgan fingerprint density at radius 3 is 2.32 bits per heavy atom. The first kappa shape index (κ1) is 17.2. The first-order chi connectivity index (χ1) is 11.9. The molecule has 2 aromatic rings. The number of imide groups is 1. The summed E-state index contributed by atoms with van der Waals surface area (Å²) in [5, 5.41) is 3.02. The number of amides is 2. The molecule has 0 saturated heterocycles. The topological polar surface area (TPSA) is 49.4 Å². The molecule has 2 amide bonds.